The van der Waals surface area contributed by atoms with Crippen LogP contribution in [0.1, 0.15) is 27.0 Å². The van der Waals surface area contributed by atoms with Crippen LogP contribution < -0.4 is 10.6 Å². The molecular weight excluding hydrogens is 447 g/mol. The molecule has 3 aromatic rings. The van der Waals surface area contributed by atoms with Gasteiger partial charge in [-0.15, -0.1) is 11.3 Å². The van der Waals surface area contributed by atoms with Crippen LogP contribution >= 0.6 is 34.5 Å². The minimum atomic E-state index is -1.05. The maximum Gasteiger partial charge on any atom is 0.338 e. The largest absolute Gasteiger partial charge is 0.449 e. The van der Waals surface area contributed by atoms with Crippen molar-refractivity contribution < 1.29 is 19.1 Å². The van der Waals surface area contributed by atoms with Gasteiger partial charge in [-0.05, 0) is 60.8 Å². The third kappa shape index (κ3) is 5.60. The van der Waals surface area contributed by atoms with E-state index >= 15 is 0 Å². The molecule has 0 bridgehead atoms. The van der Waals surface area contributed by atoms with Crippen LogP contribution in [0.4, 0.5) is 11.4 Å². The molecule has 1 aromatic heterocycles. The molecule has 0 fully saturated rings. The van der Waals surface area contributed by atoms with Crippen molar-refractivity contribution in [3.8, 4) is 0 Å². The number of esters is 1. The number of thiophene rings is 1. The number of hydrogen-bond donors (Lipinski definition) is 2. The van der Waals surface area contributed by atoms with Crippen molar-refractivity contribution in [2.24, 2.45) is 0 Å². The Morgan fingerprint density at radius 3 is 2.37 bits per heavy atom. The molecule has 0 saturated heterocycles. The minimum absolute atomic E-state index is 0.230. The van der Waals surface area contributed by atoms with Gasteiger partial charge in [-0.3, -0.25) is 9.59 Å². The average Bonchev–Trinajstić information content (AvgIpc) is 3.25. The number of rotatable bonds is 6. The van der Waals surface area contributed by atoms with Gasteiger partial charge >= 0.3 is 5.97 Å². The highest BCUT2D eigenvalue weighted by Crippen LogP contribution is 2.25. The van der Waals surface area contributed by atoms with E-state index in [1.165, 1.54) is 36.5 Å². The zero-order chi connectivity index (χ0) is 21.7. The lowest BCUT2D eigenvalue weighted by atomic mass is 10.2. The van der Waals surface area contributed by atoms with E-state index in [-0.39, 0.29) is 16.5 Å². The summed E-state index contributed by atoms with van der Waals surface area (Å²) < 4.78 is 5.21. The molecule has 9 heteroatoms. The number of carbonyl (C=O) groups is 3. The predicted octanol–water partition coefficient (Wildman–Crippen LogP) is 5.49. The van der Waals surface area contributed by atoms with Crippen molar-refractivity contribution in [3.63, 3.8) is 0 Å². The van der Waals surface area contributed by atoms with Crippen LogP contribution in [0.5, 0.6) is 0 Å². The summed E-state index contributed by atoms with van der Waals surface area (Å²) in [4.78, 5) is 37.2. The second kappa shape index (κ2) is 9.75. The summed E-state index contributed by atoms with van der Waals surface area (Å²) in [5, 5.41) is 7.85. The second-order valence-corrected chi connectivity index (χ2v) is 7.96. The van der Waals surface area contributed by atoms with Gasteiger partial charge in [0.2, 0.25) is 0 Å². The van der Waals surface area contributed by atoms with Crippen LogP contribution in [-0.2, 0) is 9.53 Å². The third-order valence-corrected chi connectivity index (χ3v) is 5.38. The molecule has 154 valence electrons. The number of ether oxygens (including phenoxy) is 1. The van der Waals surface area contributed by atoms with Crippen LogP contribution in [0, 0.1) is 0 Å². The maximum atomic E-state index is 12.3. The Labute approximate surface area is 186 Å². The van der Waals surface area contributed by atoms with Crippen LogP contribution in [0.2, 0.25) is 10.0 Å². The molecular formula is C21H16Cl2N2O4S. The fraction of sp³-hybridized carbons (Fsp3) is 0.0952. The molecule has 0 radical (unpaired) electrons. The Morgan fingerprint density at radius 2 is 1.73 bits per heavy atom. The molecule has 0 aliphatic carbocycles. The zero-order valence-corrected chi connectivity index (χ0v) is 18.0. The van der Waals surface area contributed by atoms with E-state index in [1.807, 2.05) is 5.38 Å². The maximum absolute atomic E-state index is 12.3. The molecule has 30 heavy (non-hydrogen) atoms. The molecule has 6 nitrogen and oxygen atoms in total. The summed E-state index contributed by atoms with van der Waals surface area (Å²) in [5.41, 5.74) is 1.14. The first-order valence-electron chi connectivity index (χ1n) is 8.75. The Kier molecular flexibility index (Phi) is 7.10. The van der Waals surface area contributed by atoms with E-state index in [2.05, 4.69) is 10.6 Å². The molecule has 0 spiro atoms. The highest BCUT2D eigenvalue weighted by atomic mass is 35.5. The summed E-state index contributed by atoms with van der Waals surface area (Å²) >= 11 is 13.2. The topological polar surface area (TPSA) is 84.5 Å². The monoisotopic (exact) mass is 462 g/mol. The van der Waals surface area contributed by atoms with Crippen molar-refractivity contribution in [3.05, 3.63) is 80.5 Å². The molecule has 2 amide bonds. The van der Waals surface area contributed by atoms with Gasteiger partial charge in [0.1, 0.15) is 0 Å². The summed E-state index contributed by atoms with van der Waals surface area (Å²) in [6.45, 7) is 1.45. The van der Waals surface area contributed by atoms with Crippen molar-refractivity contribution in [1.82, 2.24) is 0 Å². The highest BCUT2D eigenvalue weighted by Gasteiger charge is 2.20. The third-order valence-electron chi connectivity index (χ3n) is 3.97. The number of halogens is 2. The number of amides is 2. The van der Waals surface area contributed by atoms with E-state index in [0.29, 0.717) is 21.3 Å². The van der Waals surface area contributed by atoms with Gasteiger partial charge in [0.05, 0.1) is 21.2 Å². The van der Waals surface area contributed by atoms with Crippen LogP contribution in [0.15, 0.2) is 60.0 Å². The molecule has 2 aromatic carbocycles. The van der Waals surface area contributed by atoms with E-state index < -0.39 is 18.0 Å². The summed E-state index contributed by atoms with van der Waals surface area (Å²) in [7, 11) is 0. The summed E-state index contributed by atoms with van der Waals surface area (Å²) in [6.07, 6.45) is -1.05. The van der Waals surface area contributed by atoms with Crippen molar-refractivity contribution in [2.45, 2.75) is 13.0 Å². The molecule has 3 rings (SSSR count). The van der Waals surface area contributed by atoms with Crippen LogP contribution in [0.25, 0.3) is 0 Å². The predicted molar refractivity (Wildman–Crippen MR) is 119 cm³/mol. The number of anilines is 2. The first-order chi connectivity index (χ1) is 14.3. The molecule has 0 aliphatic rings. The number of carbonyl (C=O) groups excluding carboxylic acids is 3. The van der Waals surface area contributed by atoms with E-state index in [4.69, 9.17) is 27.9 Å². The first-order valence-corrected chi connectivity index (χ1v) is 10.4. The van der Waals surface area contributed by atoms with Gasteiger partial charge in [0, 0.05) is 10.7 Å². The molecule has 0 saturated carbocycles. The highest BCUT2D eigenvalue weighted by molar-refractivity contribution is 7.12. The molecule has 1 heterocycles. The van der Waals surface area contributed by atoms with E-state index in [1.54, 1.807) is 36.4 Å². The van der Waals surface area contributed by atoms with E-state index in [0.717, 1.165) is 0 Å². The number of hydrogen-bond acceptors (Lipinski definition) is 5. The van der Waals surface area contributed by atoms with Gasteiger partial charge in [-0.2, -0.15) is 0 Å². The number of benzene rings is 2. The Morgan fingerprint density at radius 1 is 1.00 bits per heavy atom. The SMILES string of the molecule is CC(OC(=O)c1ccc(NC(=O)c2cccs2)cc1)C(=O)Nc1ccc(Cl)cc1Cl. The first kappa shape index (κ1) is 21.8. The van der Waals surface area contributed by atoms with Crippen LogP contribution in [0.3, 0.4) is 0 Å². The van der Waals surface area contributed by atoms with Gasteiger partial charge in [-0.25, -0.2) is 4.79 Å². The normalized spacial score (nSPS) is 11.4. The Bertz CT molecular complexity index is 1070. The fourth-order valence-corrected chi connectivity index (χ4v) is 3.47. The van der Waals surface area contributed by atoms with E-state index in [9.17, 15) is 14.4 Å². The van der Waals surface area contributed by atoms with Crippen molar-refractivity contribution >= 4 is 63.7 Å². The number of nitrogens with one attached hydrogen (secondary N) is 2. The van der Waals surface area contributed by atoms with Gasteiger partial charge in [0.25, 0.3) is 11.8 Å². The standard InChI is InChI=1S/C21H16Cl2N2O4S/c1-12(19(26)25-17-9-6-14(22)11-16(17)23)29-21(28)13-4-7-15(8-5-13)24-20(27)18-3-2-10-30-18/h2-12H,1H3,(H,24,27)(H,25,26). The fourth-order valence-electron chi connectivity index (χ4n) is 2.40. The van der Waals surface area contributed by atoms with Gasteiger partial charge in [-0.1, -0.05) is 29.3 Å². The van der Waals surface area contributed by atoms with Crippen LogP contribution in [-0.4, -0.2) is 23.9 Å². The lowest BCUT2D eigenvalue weighted by Crippen LogP contribution is -2.30. The zero-order valence-electron chi connectivity index (χ0n) is 15.6. The minimum Gasteiger partial charge on any atom is -0.449 e. The lowest BCUT2D eigenvalue weighted by Gasteiger charge is -2.14. The molecule has 0 aliphatic heterocycles. The van der Waals surface area contributed by atoms with Crippen molar-refractivity contribution in [1.29, 1.82) is 0 Å². The molecule has 1 unspecified atom stereocenters. The second-order valence-electron chi connectivity index (χ2n) is 6.17. The average molecular weight is 463 g/mol. The molecule has 2 N–H and O–H groups in total. The lowest BCUT2D eigenvalue weighted by molar-refractivity contribution is -0.123. The van der Waals surface area contributed by atoms with Gasteiger partial charge in [0.15, 0.2) is 6.10 Å². The molecule has 1 atom stereocenters. The quantitative estimate of drug-likeness (QED) is 0.474. The van der Waals surface area contributed by atoms with Crippen molar-refractivity contribution in [2.75, 3.05) is 10.6 Å². The summed E-state index contributed by atoms with van der Waals surface area (Å²) in [6, 6.07) is 14.3. The Balaban J connectivity index is 1.56. The van der Waals surface area contributed by atoms with Gasteiger partial charge < -0.3 is 15.4 Å². The Hall–Kier alpha value is -2.87. The summed E-state index contributed by atoms with van der Waals surface area (Å²) in [5.74, 6) is -1.44. The smallest absolute Gasteiger partial charge is 0.338 e.